The third-order valence-electron chi connectivity index (χ3n) is 3.07. The van der Waals surface area contributed by atoms with Crippen LogP contribution in [-0.4, -0.2) is 15.7 Å². The predicted octanol–water partition coefficient (Wildman–Crippen LogP) is 4.29. The van der Waals surface area contributed by atoms with Crippen LogP contribution in [0.2, 0.25) is 0 Å². The number of hydrogen-bond donors (Lipinski definition) is 1. The number of nitrogens with zero attached hydrogens (tertiary/aromatic N) is 2. The number of thiophene rings is 1. The summed E-state index contributed by atoms with van der Waals surface area (Å²) < 4.78 is 28.7. The van der Waals surface area contributed by atoms with Gasteiger partial charge in [0, 0.05) is 26.4 Å². The molecule has 23 heavy (non-hydrogen) atoms. The first-order valence-corrected chi connectivity index (χ1v) is 8.21. The molecule has 3 aromatic rings. The monoisotopic (exact) mass is 397 g/mol. The molecule has 8 heteroatoms. The molecule has 1 N–H and O–H groups in total. The Morgan fingerprint density at radius 1 is 1.26 bits per heavy atom. The highest BCUT2D eigenvalue weighted by atomic mass is 79.9. The fourth-order valence-electron chi connectivity index (χ4n) is 1.98. The molecule has 0 spiro atoms. The van der Waals surface area contributed by atoms with Crippen LogP contribution in [0.4, 0.5) is 14.6 Å². The van der Waals surface area contributed by atoms with Crippen molar-refractivity contribution in [1.29, 1.82) is 0 Å². The van der Waals surface area contributed by atoms with Crippen LogP contribution in [0.3, 0.4) is 0 Å². The number of carbonyl (C=O) groups excluding carboxylic acids is 1. The summed E-state index contributed by atoms with van der Waals surface area (Å²) in [4.78, 5) is 13.2. The number of hydrogen-bond acceptors (Lipinski definition) is 3. The van der Waals surface area contributed by atoms with Gasteiger partial charge in [0.05, 0.1) is 12.7 Å². The molecule has 118 valence electrons. The van der Waals surface area contributed by atoms with Gasteiger partial charge in [0.25, 0.3) is 5.91 Å². The average molecular weight is 398 g/mol. The van der Waals surface area contributed by atoms with E-state index in [0.29, 0.717) is 12.4 Å². The van der Waals surface area contributed by atoms with Crippen LogP contribution in [0, 0.1) is 11.6 Å². The average Bonchev–Trinajstić information content (AvgIpc) is 3.12. The van der Waals surface area contributed by atoms with Gasteiger partial charge in [0.15, 0.2) is 11.6 Å². The second kappa shape index (κ2) is 6.59. The number of aromatic nitrogens is 2. The van der Waals surface area contributed by atoms with Crippen molar-refractivity contribution in [2.75, 3.05) is 5.32 Å². The van der Waals surface area contributed by atoms with Gasteiger partial charge in [-0.05, 0) is 40.2 Å². The number of nitrogens with one attached hydrogen (secondary N) is 1. The van der Waals surface area contributed by atoms with Crippen LogP contribution in [0.5, 0.6) is 0 Å². The number of carbonyl (C=O) groups is 1. The lowest BCUT2D eigenvalue weighted by molar-refractivity contribution is 0.102. The zero-order chi connectivity index (χ0) is 16.4. The fraction of sp³-hybridized carbons (Fsp3) is 0.0667. The molecule has 0 fully saturated rings. The standard InChI is InChI=1S/C15H10BrF2N3OS/c16-10-6-11(23-8-10)7-21-14(3-4-19-21)20-15(22)9-1-2-12(17)13(18)5-9/h1-6,8H,7H2,(H,20,22). The van der Waals surface area contributed by atoms with Gasteiger partial charge in [0.2, 0.25) is 0 Å². The third-order valence-corrected chi connectivity index (χ3v) is 4.75. The second-order valence-corrected chi connectivity index (χ2v) is 6.60. The Labute approximate surface area is 142 Å². The Hall–Kier alpha value is -2.06. The molecule has 2 aromatic heterocycles. The van der Waals surface area contributed by atoms with E-state index in [9.17, 15) is 13.6 Å². The predicted molar refractivity (Wildman–Crippen MR) is 87.7 cm³/mol. The maximum Gasteiger partial charge on any atom is 0.256 e. The number of halogens is 3. The van der Waals surface area contributed by atoms with Gasteiger partial charge in [0.1, 0.15) is 5.82 Å². The van der Waals surface area contributed by atoms with E-state index in [1.165, 1.54) is 6.07 Å². The summed E-state index contributed by atoms with van der Waals surface area (Å²) in [6.07, 6.45) is 1.56. The lowest BCUT2D eigenvalue weighted by Gasteiger charge is -2.08. The molecule has 1 amide bonds. The lowest BCUT2D eigenvalue weighted by Crippen LogP contribution is -2.16. The Morgan fingerprint density at radius 3 is 2.78 bits per heavy atom. The molecule has 0 aliphatic carbocycles. The topological polar surface area (TPSA) is 46.9 Å². The van der Waals surface area contributed by atoms with E-state index in [4.69, 9.17) is 0 Å². The molecule has 3 rings (SSSR count). The van der Waals surface area contributed by atoms with Gasteiger partial charge in [-0.1, -0.05) is 0 Å². The maximum absolute atomic E-state index is 13.2. The number of rotatable bonds is 4. The number of benzene rings is 1. The van der Waals surface area contributed by atoms with Crippen molar-refractivity contribution in [3.63, 3.8) is 0 Å². The van der Waals surface area contributed by atoms with E-state index in [0.717, 1.165) is 21.5 Å². The molecule has 0 saturated carbocycles. The van der Waals surface area contributed by atoms with Crippen molar-refractivity contribution in [2.45, 2.75) is 6.54 Å². The van der Waals surface area contributed by atoms with E-state index in [2.05, 4.69) is 26.3 Å². The van der Waals surface area contributed by atoms with Crippen LogP contribution >= 0.6 is 27.3 Å². The van der Waals surface area contributed by atoms with Crippen molar-refractivity contribution >= 4 is 39.0 Å². The molecule has 1 aromatic carbocycles. The van der Waals surface area contributed by atoms with E-state index in [1.54, 1.807) is 28.3 Å². The van der Waals surface area contributed by atoms with Crippen LogP contribution in [0.15, 0.2) is 46.4 Å². The molecule has 0 unspecified atom stereocenters. The lowest BCUT2D eigenvalue weighted by atomic mass is 10.2. The highest BCUT2D eigenvalue weighted by molar-refractivity contribution is 9.10. The first kappa shape index (κ1) is 15.8. The van der Waals surface area contributed by atoms with Gasteiger partial charge >= 0.3 is 0 Å². The number of amides is 1. The minimum Gasteiger partial charge on any atom is -0.307 e. The molecule has 0 aliphatic heterocycles. The molecule has 0 aliphatic rings. The molecule has 0 atom stereocenters. The summed E-state index contributed by atoms with van der Waals surface area (Å²) in [6, 6.07) is 6.62. The van der Waals surface area contributed by atoms with Crippen molar-refractivity contribution in [1.82, 2.24) is 9.78 Å². The molecule has 2 heterocycles. The van der Waals surface area contributed by atoms with E-state index in [-0.39, 0.29) is 5.56 Å². The van der Waals surface area contributed by atoms with Crippen molar-refractivity contribution < 1.29 is 13.6 Å². The van der Waals surface area contributed by atoms with Gasteiger partial charge in [-0.3, -0.25) is 4.79 Å². The summed E-state index contributed by atoms with van der Waals surface area (Å²) in [5.74, 6) is -2.10. The maximum atomic E-state index is 13.2. The van der Waals surface area contributed by atoms with Gasteiger partial charge in [-0.2, -0.15) is 5.10 Å². The zero-order valence-corrected chi connectivity index (χ0v) is 14.0. The van der Waals surface area contributed by atoms with Crippen molar-refractivity contribution in [3.05, 3.63) is 68.5 Å². The Kier molecular flexibility index (Phi) is 4.53. The fourth-order valence-corrected chi connectivity index (χ4v) is 3.41. The van der Waals surface area contributed by atoms with E-state index >= 15 is 0 Å². The highest BCUT2D eigenvalue weighted by Crippen LogP contribution is 2.22. The minimum atomic E-state index is -1.06. The molecule has 0 bridgehead atoms. The third kappa shape index (κ3) is 3.65. The number of anilines is 1. The summed E-state index contributed by atoms with van der Waals surface area (Å²) >= 11 is 4.95. The van der Waals surface area contributed by atoms with Gasteiger partial charge in [-0.15, -0.1) is 11.3 Å². The molecule has 0 radical (unpaired) electrons. The summed E-state index contributed by atoms with van der Waals surface area (Å²) in [5, 5.41) is 8.76. The van der Waals surface area contributed by atoms with E-state index in [1.807, 2.05) is 11.4 Å². The molecular formula is C15H10BrF2N3OS. The molecular weight excluding hydrogens is 388 g/mol. The van der Waals surface area contributed by atoms with Gasteiger partial charge < -0.3 is 5.32 Å². The summed E-state index contributed by atoms with van der Waals surface area (Å²) in [7, 11) is 0. The van der Waals surface area contributed by atoms with E-state index < -0.39 is 17.5 Å². The molecule has 0 saturated heterocycles. The smallest absolute Gasteiger partial charge is 0.256 e. The van der Waals surface area contributed by atoms with Crippen molar-refractivity contribution in [2.24, 2.45) is 0 Å². The van der Waals surface area contributed by atoms with Crippen LogP contribution in [0.25, 0.3) is 0 Å². The largest absolute Gasteiger partial charge is 0.307 e. The Morgan fingerprint density at radius 2 is 2.09 bits per heavy atom. The van der Waals surface area contributed by atoms with Crippen molar-refractivity contribution in [3.8, 4) is 0 Å². The van der Waals surface area contributed by atoms with Crippen LogP contribution in [-0.2, 0) is 6.54 Å². The minimum absolute atomic E-state index is 0.0375. The first-order valence-electron chi connectivity index (χ1n) is 6.54. The SMILES string of the molecule is O=C(Nc1ccnn1Cc1cc(Br)cs1)c1ccc(F)c(F)c1. The summed E-state index contributed by atoms with van der Waals surface area (Å²) in [5.41, 5.74) is 0.0375. The normalized spacial score (nSPS) is 10.7. The first-order chi connectivity index (χ1) is 11.0. The Bertz CT molecular complexity index is 862. The zero-order valence-electron chi connectivity index (χ0n) is 11.6. The Balaban J connectivity index is 1.76. The van der Waals surface area contributed by atoms with Crippen LogP contribution in [0.1, 0.15) is 15.2 Å². The van der Waals surface area contributed by atoms with Crippen LogP contribution < -0.4 is 5.32 Å². The molecule has 4 nitrogen and oxygen atoms in total. The summed E-state index contributed by atoms with van der Waals surface area (Å²) in [6.45, 7) is 0.497. The quantitative estimate of drug-likeness (QED) is 0.713. The van der Waals surface area contributed by atoms with Gasteiger partial charge in [-0.25, -0.2) is 13.5 Å². The second-order valence-electron chi connectivity index (χ2n) is 4.69. The highest BCUT2D eigenvalue weighted by Gasteiger charge is 2.13.